The SMILES string of the molecule is CCC(C=C1Oc2ccc(Cl)cc2N1CCCS(=O)(=O)[O-])Cc1sc2cc(OC)c(C)cc2[n+]1CCCS(=O)(=O)[O-].[Li+]. The van der Waals surface area contributed by atoms with Gasteiger partial charge in [-0.2, -0.15) is 4.57 Å². The van der Waals surface area contributed by atoms with Crippen molar-refractivity contribution in [1.29, 1.82) is 0 Å². The molecule has 0 amide bonds. The Balaban J connectivity index is 0.00000484. The van der Waals surface area contributed by atoms with E-state index in [1.165, 1.54) is 0 Å². The molecular weight excluding hydrogens is 619 g/mol. The van der Waals surface area contributed by atoms with Crippen molar-refractivity contribution in [1.82, 2.24) is 0 Å². The van der Waals surface area contributed by atoms with Gasteiger partial charge in [0.05, 0.1) is 33.0 Å². The van der Waals surface area contributed by atoms with Crippen LogP contribution in [0.1, 0.15) is 36.8 Å². The van der Waals surface area contributed by atoms with Crippen LogP contribution in [-0.4, -0.2) is 51.1 Å². The van der Waals surface area contributed by atoms with Crippen molar-refractivity contribution in [2.24, 2.45) is 5.92 Å². The van der Waals surface area contributed by atoms with Crippen LogP contribution in [0.4, 0.5) is 5.69 Å². The Morgan fingerprint density at radius 1 is 1.12 bits per heavy atom. The second-order valence-corrected chi connectivity index (χ2v) is 14.5. The van der Waals surface area contributed by atoms with Crippen LogP contribution in [0.25, 0.3) is 10.2 Å². The number of methoxy groups -OCH3 is 1. The van der Waals surface area contributed by atoms with Crippen molar-refractivity contribution in [2.75, 3.05) is 30.1 Å². The smallest absolute Gasteiger partial charge is 0.748 e. The summed E-state index contributed by atoms with van der Waals surface area (Å²) in [6, 6.07) is 9.16. The first-order valence-electron chi connectivity index (χ1n) is 13.1. The maximum absolute atomic E-state index is 11.3. The van der Waals surface area contributed by atoms with Gasteiger partial charge in [0.15, 0.2) is 18.2 Å². The minimum absolute atomic E-state index is 0. The molecule has 2 heterocycles. The van der Waals surface area contributed by atoms with Crippen molar-refractivity contribution in [3.63, 3.8) is 0 Å². The maximum Gasteiger partial charge on any atom is 1.00 e. The molecule has 10 nitrogen and oxygen atoms in total. The molecular formula is C27H32ClLiN2O8S3. The first-order valence-corrected chi connectivity index (χ1v) is 17.5. The molecule has 1 aliphatic rings. The van der Waals surface area contributed by atoms with Crippen LogP contribution in [0.5, 0.6) is 11.5 Å². The molecule has 1 aliphatic heterocycles. The van der Waals surface area contributed by atoms with Gasteiger partial charge in [0.25, 0.3) is 0 Å². The molecule has 224 valence electrons. The zero-order chi connectivity index (χ0) is 29.9. The fourth-order valence-electron chi connectivity index (χ4n) is 4.85. The molecule has 0 N–H and O–H groups in total. The van der Waals surface area contributed by atoms with Crippen LogP contribution in [0.15, 0.2) is 42.3 Å². The number of aromatic nitrogens is 1. The second-order valence-electron chi connectivity index (χ2n) is 9.91. The van der Waals surface area contributed by atoms with Crippen LogP contribution >= 0.6 is 22.9 Å². The molecule has 0 saturated heterocycles. The van der Waals surface area contributed by atoms with Gasteiger partial charge in [-0.25, -0.2) is 16.8 Å². The number of nitrogens with zero attached hydrogens (tertiary/aromatic N) is 2. The molecule has 4 rings (SSSR count). The van der Waals surface area contributed by atoms with E-state index in [4.69, 9.17) is 21.1 Å². The molecule has 15 heteroatoms. The van der Waals surface area contributed by atoms with Gasteiger partial charge in [-0.3, -0.25) is 0 Å². The number of ether oxygens (including phenoxy) is 2. The van der Waals surface area contributed by atoms with Gasteiger partial charge in [0.2, 0.25) is 10.5 Å². The number of aryl methyl sites for hydroxylation is 2. The minimum Gasteiger partial charge on any atom is -0.748 e. The van der Waals surface area contributed by atoms with Gasteiger partial charge in [0, 0.05) is 48.0 Å². The van der Waals surface area contributed by atoms with Gasteiger partial charge in [0.1, 0.15) is 10.4 Å². The first kappa shape index (κ1) is 34.7. The van der Waals surface area contributed by atoms with Gasteiger partial charge >= 0.3 is 18.9 Å². The molecule has 0 bridgehead atoms. The molecule has 0 saturated carbocycles. The van der Waals surface area contributed by atoms with Gasteiger partial charge in [-0.1, -0.05) is 29.9 Å². The number of fused-ring (bicyclic) bond motifs is 2. The molecule has 0 fully saturated rings. The van der Waals surface area contributed by atoms with E-state index in [2.05, 4.69) is 4.57 Å². The summed E-state index contributed by atoms with van der Waals surface area (Å²) in [5.41, 5.74) is 2.57. The van der Waals surface area contributed by atoms with Crippen LogP contribution < -0.4 is 37.8 Å². The van der Waals surface area contributed by atoms with E-state index in [9.17, 15) is 25.9 Å². The number of benzene rings is 2. The van der Waals surface area contributed by atoms with Crippen molar-refractivity contribution in [2.45, 2.75) is 46.1 Å². The number of halogens is 1. The number of hydrogen-bond donors (Lipinski definition) is 0. The Morgan fingerprint density at radius 2 is 1.81 bits per heavy atom. The second kappa shape index (κ2) is 14.3. The van der Waals surface area contributed by atoms with E-state index in [0.29, 0.717) is 35.3 Å². The Hall–Kier alpha value is -1.82. The molecule has 0 aliphatic carbocycles. The third-order valence-electron chi connectivity index (χ3n) is 6.88. The van der Waals surface area contributed by atoms with Crippen molar-refractivity contribution >= 4 is 59.1 Å². The molecule has 3 aromatic rings. The van der Waals surface area contributed by atoms with E-state index in [1.807, 2.05) is 37.0 Å². The summed E-state index contributed by atoms with van der Waals surface area (Å²) in [5, 5.41) is 1.50. The fraction of sp³-hybridized carbons (Fsp3) is 0.444. The predicted octanol–water partition coefficient (Wildman–Crippen LogP) is 1.34. The largest absolute Gasteiger partial charge is 1.00 e. The van der Waals surface area contributed by atoms with E-state index >= 15 is 0 Å². The normalized spacial score (nSPS) is 15.0. The van der Waals surface area contributed by atoms with E-state index in [1.54, 1.807) is 36.6 Å². The zero-order valence-corrected chi connectivity index (χ0v) is 27.2. The third kappa shape index (κ3) is 8.86. The summed E-state index contributed by atoms with van der Waals surface area (Å²) in [6.07, 6.45) is 3.65. The fourth-order valence-corrected chi connectivity index (χ4v) is 7.28. The van der Waals surface area contributed by atoms with E-state index in [-0.39, 0.29) is 44.2 Å². The monoisotopic (exact) mass is 650 g/mol. The van der Waals surface area contributed by atoms with Crippen molar-refractivity contribution in [3.8, 4) is 11.5 Å². The number of allylic oxidation sites excluding steroid dienone is 1. The Bertz CT molecular complexity index is 1680. The molecule has 1 unspecified atom stereocenters. The molecule has 1 aromatic heterocycles. The standard InChI is InChI=1S/C27H33ClN2O8S3.Li/c1-4-19(14-26-29(9-5-11-40(31,32)33)21-16-20(28)7-8-23(21)38-26)15-27-30(10-6-12-41(34,35)36)22-13-18(2)24(37-3)17-25(22)39-27;/h7-8,13-14,16-17,19H,4-6,9-12,15H2,1-3H3,(H-,31,32,33,34,35,36);/q;+1/p-1. The quantitative estimate of drug-likeness (QED) is 0.152. The number of anilines is 1. The topological polar surface area (TPSA) is 140 Å². The average molecular weight is 651 g/mol. The van der Waals surface area contributed by atoms with E-state index in [0.717, 1.165) is 33.0 Å². The minimum atomic E-state index is -4.36. The van der Waals surface area contributed by atoms with E-state index < -0.39 is 31.7 Å². The Morgan fingerprint density at radius 3 is 2.45 bits per heavy atom. The van der Waals surface area contributed by atoms with Crippen LogP contribution in [-0.2, 0) is 33.2 Å². The van der Waals surface area contributed by atoms with Crippen LogP contribution in [0.3, 0.4) is 0 Å². The third-order valence-corrected chi connectivity index (χ3v) is 9.86. The summed E-state index contributed by atoms with van der Waals surface area (Å²) >= 11 is 7.81. The number of hydrogen-bond acceptors (Lipinski definition) is 10. The predicted molar refractivity (Wildman–Crippen MR) is 157 cm³/mol. The van der Waals surface area contributed by atoms with Crippen LogP contribution in [0, 0.1) is 12.8 Å². The summed E-state index contributed by atoms with van der Waals surface area (Å²) in [5.74, 6) is 0.911. The Kier molecular flexibility index (Phi) is 11.8. The van der Waals surface area contributed by atoms with Crippen molar-refractivity contribution < 1.29 is 58.8 Å². The summed E-state index contributed by atoms with van der Waals surface area (Å²) in [7, 11) is -7.09. The van der Waals surface area contributed by atoms with Gasteiger partial charge in [-0.15, -0.1) is 0 Å². The summed E-state index contributed by atoms with van der Waals surface area (Å²) < 4.78 is 82.1. The Labute approximate surface area is 267 Å². The number of thiazole rings is 1. The molecule has 0 radical (unpaired) electrons. The van der Waals surface area contributed by atoms with Gasteiger partial charge in [-0.05, 0) is 55.5 Å². The average Bonchev–Trinajstić information content (AvgIpc) is 3.38. The maximum atomic E-state index is 11.3. The summed E-state index contributed by atoms with van der Waals surface area (Å²) in [6.45, 7) is 4.60. The molecule has 1 atom stereocenters. The molecule has 42 heavy (non-hydrogen) atoms. The first-order chi connectivity index (χ1) is 19.3. The van der Waals surface area contributed by atoms with Gasteiger partial charge < -0.3 is 23.5 Å². The summed E-state index contributed by atoms with van der Waals surface area (Å²) in [4.78, 5) is 1.83. The number of rotatable bonds is 13. The zero-order valence-electron chi connectivity index (χ0n) is 24.0. The molecule has 2 aromatic carbocycles. The van der Waals surface area contributed by atoms with Crippen molar-refractivity contribution in [3.05, 3.63) is 57.9 Å². The molecule has 0 spiro atoms. The van der Waals surface area contributed by atoms with Crippen LogP contribution in [0.2, 0.25) is 5.02 Å².